The monoisotopic (exact) mass is 201 g/mol. The number of hydrogen-bond donors (Lipinski definition) is 1. The molecular weight excluding hydrogens is 182 g/mol. The van der Waals surface area contributed by atoms with Gasteiger partial charge in [-0.2, -0.15) is 0 Å². The van der Waals surface area contributed by atoms with Gasteiger partial charge in [-0.3, -0.25) is 0 Å². The second-order valence-electron chi connectivity index (χ2n) is 4.31. The molecule has 0 saturated heterocycles. The van der Waals surface area contributed by atoms with Crippen molar-refractivity contribution in [3.8, 4) is 0 Å². The Balaban J connectivity index is 1.77. The molecule has 1 aliphatic carbocycles. The quantitative estimate of drug-likeness (QED) is 0.698. The molecule has 1 aromatic rings. The molecule has 1 fully saturated rings. The first-order chi connectivity index (χ1) is 7.38. The molecular formula is C14H19N. The van der Waals surface area contributed by atoms with Gasteiger partial charge in [-0.15, -0.1) is 6.58 Å². The highest BCUT2D eigenvalue weighted by atomic mass is 15.0. The maximum Gasteiger partial charge on any atom is 0.0253 e. The van der Waals surface area contributed by atoms with Crippen molar-refractivity contribution in [1.29, 1.82) is 0 Å². The van der Waals surface area contributed by atoms with Crippen LogP contribution in [-0.2, 0) is 6.42 Å². The zero-order chi connectivity index (χ0) is 10.5. The molecule has 1 heteroatoms. The fraction of sp³-hybridized carbons (Fsp3) is 0.429. The summed E-state index contributed by atoms with van der Waals surface area (Å²) >= 11 is 0. The Morgan fingerprint density at radius 1 is 1.33 bits per heavy atom. The summed E-state index contributed by atoms with van der Waals surface area (Å²) < 4.78 is 0. The SMILES string of the molecule is C=C[C@@H](CCc1ccccc1)NC1CC1. The molecule has 1 aliphatic rings. The first-order valence-corrected chi connectivity index (χ1v) is 5.81. The van der Waals surface area contributed by atoms with Crippen molar-refractivity contribution in [2.24, 2.45) is 0 Å². The van der Waals surface area contributed by atoms with Gasteiger partial charge in [-0.25, -0.2) is 0 Å². The highest BCUT2D eigenvalue weighted by Crippen LogP contribution is 2.20. The molecule has 0 aromatic heterocycles. The molecule has 80 valence electrons. The van der Waals surface area contributed by atoms with Crippen molar-refractivity contribution in [1.82, 2.24) is 5.32 Å². The van der Waals surface area contributed by atoms with E-state index in [-0.39, 0.29) is 0 Å². The van der Waals surface area contributed by atoms with Crippen LogP contribution in [-0.4, -0.2) is 12.1 Å². The number of benzene rings is 1. The van der Waals surface area contributed by atoms with Crippen LogP contribution in [0.2, 0.25) is 0 Å². The average molecular weight is 201 g/mol. The van der Waals surface area contributed by atoms with Gasteiger partial charge in [0, 0.05) is 12.1 Å². The lowest BCUT2D eigenvalue weighted by Crippen LogP contribution is -2.29. The van der Waals surface area contributed by atoms with E-state index in [0.29, 0.717) is 6.04 Å². The lowest BCUT2D eigenvalue weighted by atomic mass is 10.1. The fourth-order valence-electron chi connectivity index (χ4n) is 1.79. The van der Waals surface area contributed by atoms with E-state index in [1.165, 1.54) is 18.4 Å². The summed E-state index contributed by atoms with van der Waals surface area (Å²) in [6.07, 6.45) is 7.02. The molecule has 0 unspecified atom stereocenters. The predicted molar refractivity (Wildman–Crippen MR) is 64.9 cm³/mol. The third-order valence-electron chi connectivity index (χ3n) is 2.90. The van der Waals surface area contributed by atoms with Crippen LogP contribution in [0, 0.1) is 0 Å². The third kappa shape index (κ3) is 3.52. The van der Waals surface area contributed by atoms with Gasteiger partial charge in [-0.05, 0) is 31.2 Å². The molecule has 1 atom stereocenters. The minimum Gasteiger partial charge on any atom is -0.308 e. The second-order valence-corrected chi connectivity index (χ2v) is 4.31. The maximum atomic E-state index is 3.89. The van der Waals surface area contributed by atoms with Gasteiger partial charge in [-0.1, -0.05) is 36.4 Å². The first-order valence-electron chi connectivity index (χ1n) is 5.81. The Hall–Kier alpha value is -1.08. The van der Waals surface area contributed by atoms with Crippen LogP contribution < -0.4 is 5.32 Å². The topological polar surface area (TPSA) is 12.0 Å². The highest BCUT2D eigenvalue weighted by molar-refractivity contribution is 5.15. The number of rotatable bonds is 6. The van der Waals surface area contributed by atoms with Crippen LogP contribution in [0.1, 0.15) is 24.8 Å². The Kier molecular flexibility index (Phi) is 3.57. The molecule has 0 bridgehead atoms. The fourth-order valence-corrected chi connectivity index (χ4v) is 1.79. The van der Waals surface area contributed by atoms with Gasteiger partial charge in [0.1, 0.15) is 0 Å². The van der Waals surface area contributed by atoms with E-state index in [0.717, 1.165) is 18.9 Å². The number of aryl methyl sites for hydroxylation is 1. The Morgan fingerprint density at radius 3 is 2.67 bits per heavy atom. The summed E-state index contributed by atoms with van der Waals surface area (Å²) in [7, 11) is 0. The second kappa shape index (κ2) is 5.13. The molecule has 0 spiro atoms. The van der Waals surface area contributed by atoms with Gasteiger partial charge in [0.25, 0.3) is 0 Å². The highest BCUT2D eigenvalue weighted by Gasteiger charge is 2.22. The zero-order valence-electron chi connectivity index (χ0n) is 9.15. The molecule has 0 radical (unpaired) electrons. The van der Waals surface area contributed by atoms with Gasteiger partial charge >= 0.3 is 0 Å². The van der Waals surface area contributed by atoms with Gasteiger partial charge < -0.3 is 5.32 Å². The maximum absolute atomic E-state index is 3.89. The van der Waals surface area contributed by atoms with Crippen molar-refractivity contribution in [2.45, 2.75) is 37.8 Å². The standard InChI is InChI=1S/C14H19N/c1-2-13(15-14-10-11-14)9-8-12-6-4-3-5-7-12/h2-7,13-15H,1,8-11H2/t13-/m0/s1. The molecule has 0 amide bonds. The van der Waals surface area contributed by atoms with Crippen molar-refractivity contribution in [2.75, 3.05) is 0 Å². The molecule has 1 nitrogen and oxygen atoms in total. The average Bonchev–Trinajstić information content (AvgIpc) is 3.09. The van der Waals surface area contributed by atoms with Crippen LogP contribution in [0.5, 0.6) is 0 Å². The normalized spacial score (nSPS) is 17.3. The van der Waals surface area contributed by atoms with Crippen molar-refractivity contribution in [3.63, 3.8) is 0 Å². The molecule has 1 saturated carbocycles. The van der Waals surface area contributed by atoms with Crippen molar-refractivity contribution in [3.05, 3.63) is 48.6 Å². The first kappa shape index (κ1) is 10.4. The van der Waals surface area contributed by atoms with Gasteiger partial charge in [0.05, 0.1) is 0 Å². The summed E-state index contributed by atoms with van der Waals surface area (Å²) in [4.78, 5) is 0. The summed E-state index contributed by atoms with van der Waals surface area (Å²) in [6.45, 7) is 3.89. The van der Waals surface area contributed by atoms with Crippen molar-refractivity contribution < 1.29 is 0 Å². The van der Waals surface area contributed by atoms with E-state index in [2.05, 4.69) is 42.2 Å². The van der Waals surface area contributed by atoms with Crippen molar-refractivity contribution >= 4 is 0 Å². The molecule has 0 aliphatic heterocycles. The molecule has 15 heavy (non-hydrogen) atoms. The molecule has 2 rings (SSSR count). The molecule has 1 aromatic carbocycles. The summed E-state index contributed by atoms with van der Waals surface area (Å²) in [5.41, 5.74) is 1.42. The Labute approximate surface area is 92.2 Å². The Bertz CT molecular complexity index is 300. The molecule has 1 N–H and O–H groups in total. The van der Waals surface area contributed by atoms with E-state index in [1.54, 1.807) is 0 Å². The minimum absolute atomic E-state index is 0.484. The van der Waals surface area contributed by atoms with E-state index < -0.39 is 0 Å². The lowest BCUT2D eigenvalue weighted by Gasteiger charge is -2.13. The van der Waals surface area contributed by atoms with Crippen LogP contribution >= 0.6 is 0 Å². The van der Waals surface area contributed by atoms with Gasteiger partial charge in [0.15, 0.2) is 0 Å². The van der Waals surface area contributed by atoms with Crippen LogP contribution in [0.4, 0.5) is 0 Å². The van der Waals surface area contributed by atoms with E-state index >= 15 is 0 Å². The summed E-state index contributed by atoms with van der Waals surface area (Å²) in [5.74, 6) is 0. The van der Waals surface area contributed by atoms with E-state index in [4.69, 9.17) is 0 Å². The number of nitrogens with one attached hydrogen (secondary N) is 1. The van der Waals surface area contributed by atoms with Crippen LogP contribution in [0.3, 0.4) is 0 Å². The number of hydrogen-bond acceptors (Lipinski definition) is 1. The molecule has 0 heterocycles. The minimum atomic E-state index is 0.484. The predicted octanol–water partition coefficient (Wildman–Crippen LogP) is 2.93. The van der Waals surface area contributed by atoms with E-state index in [9.17, 15) is 0 Å². The van der Waals surface area contributed by atoms with Gasteiger partial charge in [0.2, 0.25) is 0 Å². The Morgan fingerprint density at radius 2 is 2.07 bits per heavy atom. The van der Waals surface area contributed by atoms with Crippen LogP contribution in [0.15, 0.2) is 43.0 Å². The third-order valence-corrected chi connectivity index (χ3v) is 2.90. The summed E-state index contributed by atoms with van der Waals surface area (Å²) in [5, 5.41) is 3.59. The summed E-state index contributed by atoms with van der Waals surface area (Å²) in [6, 6.07) is 11.9. The zero-order valence-corrected chi connectivity index (χ0v) is 9.15. The largest absolute Gasteiger partial charge is 0.308 e. The lowest BCUT2D eigenvalue weighted by molar-refractivity contribution is 0.553. The van der Waals surface area contributed by atoms with Crippen LogP contribution in [0.25, 0.3) is 0 Å². The van der Waals surface area contributed by atoms with E-state index in [1.807, 2.05) is 6.08 Å². The smallest absolute Gasteiger partial charge is 0.0253 e.